The lowest BCUT2D eigenvalue weighted by Crippen LogP contribution is -2.20. The molecule has 0 fully saturated rings. The number of carbonyl (C=O) groups excluding carboxylic acids is 2. The van der Waals surface area contributed by atoms with Crippen LogP contribution in [-0.4, -0.2) is 29.7 Å². The van der Waals surface area contributed by atoms with Crippen molar-refractivity contribution in [2.45, 2.75) is 33.1 Å². The smallest absolute Gasteiger partial charge is 0.240 e. The number of rotatable bonds is 10. The Morgan fingerprint density at radius 3 is 2.63 bits per heavy atom. The van der Waals surface area contributed by atoms with Crippen molar-refractivity contribution in [3.05, 3.63) is 65.7 Å². The molecule has 2 rings (SSSR count). The van der Waals surface area contributed by atoms with Crippen LogP contribution in [0.15, 0.2) is 54.2 Å². The van der Waals surface area contributed by atoms with Gasteiger partial charge < -0.3 is 15.2 Å². The molecule has 3 N–H and O–H groups in total. The van der Waals surface area contributed by atoms with E-state index in [1.807, 2.05) is 38.1 Å². The van der Waals surface area contributed by atoms with Crippen molar-refractivity contribution < 1.29 is 19.4 Å². The van der Waals surface area contributed by atoms with Gasteiger partial charge in [0, 0.05) is 24.1 Å². The lowest BCUT2D eigenvalue weighted by atomic mass is 10.1. The fourth-order valence-corrected chi connectivity index (χ4v) is 2.73. The van der Waals surface area contributed by atoms with Gasteiger partial charge in [-0.3, -0.25) is 9.59 Å². The molecule has 0 saturated carbocycles. The molecule has 0 aromatic heterocycles. The van der Waals surface area contributed by atoms with Gasteiger partial charge in [0.05, 0.1) is 12.8 Å². The normalized spacial score (nSPS) is 10.6. The van der Waals surface area contributed by atoms with E-state index in [1.54, 1.807) is 18.2 Å². The summed E-state index contributed by atoms with van der Waals surface area (Å²) >= 11 is 0. The first kappa shape index (κ1) is 22.7. The van der Waals surface area contributed by atoms with E-state index >= 15 is 0 Å². The number of aromatic hydroxyl groups is 1. The van der Waals surface area contributed by atoms with E-state index in [2.05, 4.69) is 22.4 Å². The molecule has 0 heterocycles. The topological polar surface area (TPSA) is 100 Å². The minimum atomic E-state index is -0.374. The fourth-order valence-electron chi connectivity index (χ4n) is 2.73. The number of anilines is 1. The lowest BCUT2D eigenvalue weighted by Gasteiger charge is -2.10. The summed E-state index contributed by atoms with van der Waals surface area (Å²) in [5, 5.41) is 16.9. The number of ether oxygens (including phenoxy) is 1. The highest BCUT2D eigenvalue weighted by Crippen LogP contribution is 2.31. The molecule has 0 atom stereocenters. The van der Waals surface area contributed by atoms with Crippen LogP contribution in [0.4, 0.5) is 5.69 Å². The Morgan fingerprint density at radius 2 is 1.93 bits per heavy atom. The van der Waals surface area contributed by atoms with Crippen molar-refractivity contribution >= 4 is 23.7 Å². The summed E-state index contributed by atoms with van der Waals surface area (Å²) in [7, 11) is 0. The lowest BCUT2D eigenvalue weighted by molar-refractivity contribution is -0.124. The fraction of sp³-hybridized carbons (Fsp3) is 0.261. The van der Waals surface area contributed by atoms with Crippen LogP contribution < -0.4 is 15.5 Å². The molecule has 0 bridgehead atoms. The highest BCUT2D eigenvalue weighted by atomic mass is 16.5. The van der Waals surface area contributed by atoms with Crippen molar-refractivity contribution in [1.29, 1.82) is 0 Å². The highest BCUT2D eigenvalue weighted by Gasteiger charge is 2.10. The summed E-state index contributed by atoms with van der Waals surface area (Å²) in [5.41, 5.74) is 5.40. The van der Waals surface area contributed by atoms with Crippen LogP contribution in [-0.2, 0) is 16.0 Å². The zero-order chi connectivity index (χ0) is 21.9. The highest BCUT2D eigenvalue weighted by molar-refractivity contribution is 5.94. The number of hydrogen-bond acceptors (Lipinski definition) is 5. The second-order valence-corrected chi connectivity index (χ2v) is 6.61. The van der Waals surface area contributed by atoms with E-state index < -0.39 is 0 Å². The van der Waals surface area contributed by atoms with Gasteiger partial charge in [0.2, 0.25) is 11.8 Å². The van der Waals surface area contributed by atoms with E-state index in [9.17, 15) is 14.7 Å². The number of benzene rings is 2. The standard InChI is InChI=1S/C23H27N3O4/c1-4-8-18-13-17(14-20(23(18)29)30-5-2)15-24-26-22(28)12-11-21(27)25-19-10-7-6-9-16(19)3/h4,6-7,9-10,13-15,29H,1,5,8,11-12H2,2-3H3,(H,25,27)(H,26,28). The van der Waals surface area contributed by atoms with Crippen LogP contribution >= 0.6 is 0 Å². The third-order valence-corrected chi connectivity index (χ3v) is 4.24. The number of nitrogens with one attached hydrogen (secondary N) is 2. The monoisotopic (exact) mass is 409 g/mol. The van der Waals surface area contributed by atoms with Gasteiger partial charge in [-0.05, 0) is 49.6 Å². The van der Waals surface area contributed by atoms with Crippen molar-refractivity contribution in [2.75, 3.05) is 11.9 Å². The quantitative estimate of drug-likeness (QED) is 0.316. The first-order valence-electron chi connectivity index (χ1n) is 9.71. The third-order valence-electron chi connectivity index (χ3n) is 4.24. The minimum Gasteiger partial charge on any atom is -0.504 e. The molecule has 0 aliphatic rings. The van der Waals surface area contributed by atoms with Gasteiger partial charge >= 0.3 is 0 Å². The summed E-state index contributed by atoms with van der Waals surface area (Å²) < 4.78 is 5.44. The number of para-hydroxylation sites is 1. The molecular weight excluding hydrogens is 382 g/mol. The molecule has 2 aromatic rings. The van der Waals surface area contributed by atoms with Crippen LogP contribution in [0.25, 0.3) is 0 Å². The summed E-state index contributed by atoms with van der Waals surface area (Å²) in [4.78, 5) is 24.0. The van der Waals surface area contributed by atoms with E-state index in [4.69, 9.17) is 4.74 Å². The predicted octanol–water partition coefficient (Wildman–Crippen LogP) is 3.70. The van der Waals surface area contributed by atoms with Crippen molar-refractivity contribution in [3.63, 3.8) is 0 Å². The second-order valence-electron chi connectivity index (χ2n) is 6.61. The van der Waals surface area contributed by atoms with E-state index in [1.165, 1.54) is 6.21 Å². The zero-order valence-corrected chi connectivity index (χ0v) is 17.3. The average molecular weight is 409 g/mol. The summed E-state index contributed by atoms with van der Waals surface area (Å²) in [6.07, 6.45) is 3.66. The maximum absolute atomic E-state index is 12.0. The Kier molecular flexibility index (Phi) is 8.62. The van der Waals surface area contributed by atoms with Gasteiger partial charge in [-0.2, -0.15) is 5.10 Å². The molecule has 0 unspecified atom stereocenters. The molecule has 2 aromatic carbocycles. The van der Waals surface area contributed by atoms with Crippen LogP contribution in [0, 0.1) is 6.92 Å². The summed E-state index contributed by atoms with van der Waals surface area (Å²) in [5.74, 6) is -0.200. The third kappa shape index (κ3) is 6.77. The molecule has 30 heavy (non-hydrogen) atoms. The van der Waals surface area contributed by atoms with E-state index in [0.29, 0.717) is 29.9 Å². The van der Waals surface area contributed by atoms with Gasteiger partial charge in [-0.25, -0.2) is 5.43 Å². The Bertz CT molecular complexity index is 938. The van der Waals surface area contributed by atoms with Crippen LogP contribution in [0.1, 0.15) is 36.5 Å². The predicted molar refractivity (Wildman–Crippen MR) is 118 cm³/mol. The van der Waals surface area contributed by atoms with Gasteiger partial charge in [0.25, 0.3) is 0 Å². The molecule has 7 heteroatoms. The maximum Gasteiger partial charge on any atom is 0.240 e. The average Bonchev–Trinajstić information content (AvgIpc) is 2.72. The Labute approximate surface area is 176 Å². The van der Waals surface area contributed by atoms with Crippen LogP contribution in [0.5, 0.6) is 11.5 Å². The number of phenols is 1. The number of nitrogens with zero attached hydrogens (tertiary/aromatic N) is 1. The molecule has 0 aliphatic heterocycles. The molecule has 2 amide bonds. The number of carbonyl (C=O) groups is 2. The molecule has 0 radical (unpaired) electrons. The Hall–Kier alpha value is -3.61. The first-order valence-corrected chi connectivity index (χ1v) is 9.71. The molecule has 7 nitrogen and oxygen atoms in total. The summed E-state index contributed by atoms with van der Waals surface area (Å²) in [6.45, 7) is 7.81. The summed E-state index contributed by atoms with van der Waals surface area (Å²) in [6, 6.07) is 10.8. The largest absolute Gasteiger partial charge is 0.504 e. The minimum absolute atomic E-state index is 0.0105. The van der Waals surface area contributed by atoms with Gasteiger partial charge in [0.1, 0.15) is 0 Å². The van der Waals surface area contributed by atoms with Gasteiger partial charge in [0.15, 0.2) is 11.5 Å². The van der Waals surface area contributed by atoms with Gasteiger partial charge in [-0.1, -0.05) is 24.3 Å². The van der Waals surface area contributed by atoms with Crippen LogP contribution in [0.2, 0.25) is 0 Å². The number of allylic oxidation sites excluding steroid dienone is 1. The number of hydrazone groups is 1. The van der Waals surface area contributed by atoms with Crippen molar-refractivity contribution in [2.24, 2.45) is 5.10 Å². The Morgan fingerprint density at radius 1 is 1.20 bits per heavy atom. The number of aryl methyl sites for hydroxylation is 1. The van der Waals surface area contributed by atoms with E-state index in [-0.39, 0.29) is 30.4 Å². The number of hydrogen-bond donors (Lipinski definition) is 3. The molecule has 0 spiro atoms. The first-order chi connectivity index (χ1) is 14.4. The van der Waals surface area contributed by atoms with Crippen LogP contribution in [0.3, 0.4) is 0 Å². The van der Waals surface area contributed by atoms with E-state index in [0.717, 1.165) is 11.3 Å². The molecule has 0 aliphatic carbocycles. The second kappa shape index (κ2) is 11.4. The maximum atomic E-state index is 12.0. The molecule has 0 saturated heterocycles. The van der Waals surface area contributed by atoms with Crippen molar-refractivity contribution in [1.82, 2.24) is 5.43 Å². The SMILES string of the molecule is C=CCc1cc(C=NNC(=O)CCC(=O)Nc2ccccc2C)cc(OCC)c1O. The zero-order valence-electron chi connectivity index (χ0n) is 17.3. The molecule has 158 valence electrons. The Balaban J connectivity index is 1.90. The number of phenolic OH excluding ortho intramolecular Hbond substituents is 1. The molecular formula is C23H27N3O4. The number of amides is 2. The van der Waals surface area contributed by atoms with Gasteiger partial charge in [-0.15, -0.1) is 6.58 Å². The van der Waals surface area contributed by atoms with Crippen molar-refractivity contribution in [3.8, 4) is 11.5 Å².